The number of fused-ring (bicyclic) bond motifs is 5. The molecule has 1 heteroatoms. The Labute approximate surface area is 225 Å². The molecule has 4 aliphatic rings. The Hall–Kier alpha value is -2.12. The minimum atomic E-state index is -0.139. The molecule has 3 saturated carbocycles. The van der Waals surface area contributed by atoms with Gasteiger partial charge in [0.2, 0.25) is 0 Å². The van der Waals surface area contributed by atoms with Gasteiger partial charge in [0.1, 0.15) is 0 Å². The van der Waals surface area contributed by atoms with Crippen molar-refractivity contribution in [1.82, 2.24) is 0 Å². The predicted molar refractivity (Wildman–Crippen MR) is 155 cm³/mol. The summed E-state index contributed by atoms with van der Waals surface area (Å²) in [6.07, 6.45) is 16.2. The van der Waals surface area contributed by atoms with E-state index < -0.39 is 0 Å². The molecule has 8 atom stereocenters. The Kier molecular flexibility index (Phi) is 6.72. The lowest BCUT2D eigenvalue weighted by Crippen LogP contribution is -2.54. The monoisotopic (exact) mass is 494 g/mol. The third-order valence-corrected chi connectivity index (χ3v) is 11.8. The quantitative estimate of drug-likeness (QED) is 0.411. The van der Waals surface area contributed by atoms with Crippen molar-refractivity contribution in [3.63, 3.8) is 0 Å². The van der Waals surface area contributed by atoms with Crippen LogP contribution < -0.4 is 0 Å². The number of hydrogen-bond acceptors (Lipinski definition) is 1. The summed E-state index contributed by atoms with van der Waals surface area (Å²) in [6, 6.07) is 21.9. The van der Waals surface area contributed by atoms with Crippen LogP contribution in [0.2, 0.25) is 0 Å². The molecule has 0 heterocycles. The number of benzene rings is 2. The van der Waals surface area contributed by atoms with Crippen LogP contribution in [0, 0.1) is 40.4 Å². The first-order valence-corrected chi connectivity index (χ1v) is 15.1. The van der Waals surface area contributed by atoms with Crippen LogP contribution in [0.15, 0.2) is 78.4 Å². The second kappa shape index (κ2) is 9.88. The van der Waals surface area contributed by atoms with E-state index in [0.717, 1.165) is 30.6 Å². The molecule has 1 nitrogen and oxygen atoms in total. The third kappa shape index (κ3) is 4.17. The van der Waals surface area contributed by atoms with Crippen molar-refractivity contribution in [3.8, 4) is 0 Å². The fourth-order valence-electron chi connectivity index (χ4n) is 9.80. The SMILES string of the molecule is C[C@H](CC=C(c1ccccc1)c1ccccc1)[C@H]1CC[C@H]2[C@@H]3CC=C4CCC[C@H](O)[C@]4(C)[C@H]3CC[C@]12C. The van der Waals surface area contributed by atoms with Gasteiger partial charge in [-0.25, -0.2) is 0 Å². The van der Waals surface area contributed by atoms with E-state index in [1.165, 1.54) is 61.6 Å². The lowest BCUT2D eigenvalue weighted by atomic mass is 9.46. The molecule has 1 N–H and O–H groups in total. The van der Waals surface area contributed by atoms with E-state index in [1.54, 1.807) is 5.57 Å². The summed E-state index contributed by atoms with van der Waals surface area (Å²) in [7, 11) is 0. The fourth-order valence-corrected chi connectivity index (χ4v) is 9.80. The lowest BCUT2D eigenvalue weighted by molar-refractivity contribution is -0.0926. The van der Waals surface area contributed by atoms with Gasteiger partial charge in [0, 0.05) is 5.41 Å². The molecule has 2 aromatic rings. The minimum absolute atomic E-state index is 0.0369. The van der Waals surface area contributed by atoms with Gasteiger partial charge >= 0.3 is 0 Å². The zero-order valence-corrected chi connectivity index (χ0v) is 23.2. The molecular weight excluding hydrogens is 448 g/mol. The van der Waals surface area contributed by atoms with Crippen molar-refractivity contribution in [2.75, 3.05) is 0 Å². The minimum Gasteiger partial charge on any atom is -0.392 e. The van der Waals surface area contributed by atoms with Crippen LogP contribution in [0.1, 0.15) is 89.7 Å². The highest BCUT2D eigenvalue weighted by atomic mass is 16.3. The maximum atomic E-state index is 11.2. The van der Waals surface area contributed by atoms with E-state index in [2.05, 4.69) is 93.6 Å². The molecule has 196 valence electrons. The van der Waals surface area contributed by atoms with Gasteiger partial charge in [-0.2, -0.15) is 0 Å². The molecule has 3 fully saturated rings. The highest BCUT2D eigenvalue weighted by Gasteiger charge is 2.60. The van der Waals surface area contributed by atoms with Crippen LogP contribution in [0.25, 0.3) is 5.57 Å². The van der Waals surface area contributed by atoms with Crippen molar-refractivity contribution in [2.24, 2.45) is 40.4 Å². The summed E-state index contributed by atoms with van der Waals surface area (Å²) in [5, 5.41) is 11.2. The summed E-state index contributed by atoms with van der Waals surface area (Å²) < 4.78 is 0. The average molecular weight is 495 g/mol. The van der Waals surface area contributed by atoms with Crippen molar-refractivity contribution in [1.29, 1.82) is 0 Å². The van der Waals surface area contributed by atoms with Crippen LogP contribution in [-0.4, -0.2) is 11.2 Å². The predicted octanol–water partition coefficient (Wildman–Crippen LogP) is 9.08. The first-order valence-electron chi connectivity index (χ1n) is 15.1. The molecule has 2 aromatic carbocycles. The molecule has 0 spiro atoms. The van der Waals surface area contributed by atoms with Crippen LogP contribution >= 0.6 is 0 Å². The van der Waals surface area contributed by atoms with Gasteiger partial charge in [-0.05, 0) is 109 Å². The van der Waals surface area contributed by atoms with E-state index in [4.69, 9.17) is 0 Å². The Morgan fingerprint density at radius 2 is 1.59 bits per heavy atom. The average Bonchev–Trinajstić information content (AvgIpc) is 3.28. The number of allylic oxidation sites excluding steroid dienone is 2. The van der Waals surface area contributed by atoms with Gasteiger partial charge in [-0.15, -0.1) is 0 Å². The van der Waals surface area contributed by atoms with Gasteiger partial charge in [0.15, 0.2) is 0 Å². The molecule has 0 unspecified atom stereocenters. The van der Waals surface area contributed by atoms with Gasteiger partial charge in [-0.3, -0.25) is 0 Å². The van der Waals surface area contributed by atoms with E-state index in [9.17, 15) is 5.11 Å². The molecule has 0 saturated heterocycles. The number of aliphatic hydroxyl groups is 1. The maximum Gasteiger partial charge on any atom is 0.0633 e. The second-order valence-corrected chi connectivity index (χ2v) is 13.3. The van der Waals surface area contributed by atoms with E-state index in [1.807, 2.05) is 0 Å². The molecule has 37 heavy (non-hydrogen) atoms. The Morgan fingerprint density at radius 3 is 2.27 bits per heavy atom. The van der Waals surface area contributed by atoms with Gasteiger partial charge in [0.05, 0.1) is 6.10 Å². The van der Waals surface area contributed by atoms with E-state index >= 15 is 0 Å². The van der Waals surface area contributed by atoms with Crippen LogP contribution in [-0.2, 0) is 0 Å². The first-order chi connectivity index (χ1) is 17.9. The molecule has 4 aliphatic carbocycles. The molecular formula is C36H46O. The van der Waals surface area contributed by atoms with Gasteiger partial charge < -0.3 is 5.11 Å². The zero-order valence-electron chi connectivity index (χ0n) is 23.2. The smallest absolute Gasteiger partial charge is 0.0633 e. The van der Waals surface area contributed by atoms with Gasteiger partial charge in [-0.1, -0.05) is 99.2 Å². The second-order valence-electron chi connectivity index (χ2n) is 13.3. The van der Waals surface area contributed by atoms with Crippen LogP contribution in [0.5, 0.6) is 0 Å². The molecule has 0 radical (unpaired) electrons. The summed E-state index contributed by atoms with van der Waals surface area (Å²) >= 11 is 0. The van der Waals surface area contributed by atoms with Gasteiger partial charge in [0.25, 0.3) is 0 Å². The van der Waals surface area contributed by atoms with Crippen LogP contribution in [0.4, 0.5) is 0 Å². The topological polar surface area (TPSA) is 20.2 Å². The number of rotatable bonds is 5. The zero-order chi connectivity index (χ0) is 25.6. The molecule has 6 rings (SSSR count). The number of hydrogen-bond donors (Lipinski definition) is 1. The summed E-state index contributed by atoms with van der Waals surface area (Å²) in [6.45, 7) is 7.61. The van der Waals surface area contributed by atoms with E-state index in [0.29, 0.717) is 17.3 Å². The fraction of sp³-hybridized carbons (Fsp3) is 0.556. The Morgan fingerprint density at radius 1 is 0.919 bits per heavy atom. The maximum absolute atomic E-state index is 11.2. The normalized spacial score (nSPS) is 37.5. The molecule has 0 aliphatic heterocycles. The first kappa shape index (κ1) is 25.2. The summed E-state index contributed by atoms with van der Waals surface area (Å²) in [5.41, 5.74) is 6.09. The van der Waals surface area contributed by atoms with Crippen molar-refractivity contribution in [2.45, 2.75) is 84.7 Å². The van der Waals surface area contributed by atoms with Crippen molar-refractivity contribution in [3.05, 3.63) is 89.5 Å². The third-order valence-electron chi connectivity index (χ3n) is 11.8. The largest absolute Gasteiger partial charge is 0.392 e. The molecule has 0 amide bonds. The Balaban J connectivity index is 1.24. The molecule has 0 bridgehead atoms. The lowest BCUT2D eigenvalue weighted by Gasteiger charge is -2.59. The number of aliphatic hydroxyl groups excluding tert-OH is 1. The van der Waals surface area contributed by atoms with Crippen molar-refractivity contribution >= 4 is 5.57 Å². The van der Waals surface area contributed by atoms with Crippen LogP contribution in [0.3, 0.4) is 0 Å². The highest BCUT2D eigenvalue weighted by Crippen LogP contribution is 2.67. The highest BCUT2D eigenvalue weighted by molar-refractivity contribution is 5.79. The summed E-state index contributed by atoms with van der Waals surface area (Å²) in [5.74, 6) is 3.72. The summed E-state index contributed by atoms with van der Waals surface area (Å²) in [4.78, 5) is 0. The molecule has 0 aromatic heterocycles. The standard InChI is InChI=1S/C36H46O/c1-25(17-19-29(26-11-6-4-7-12-26)27-13-8-5-9-14-27)31-21-22-32-30-20-18-28-15-10-16-34(37)36(28,3)33(30)23-24-35(31,32)2/h4-9,11-14,18-19,25,30-34,37H,10,15-17,20-24H2,1-3H3/t25-,30+,31-,32+,33+,34+,35-,36+/m1/s1. The van der Waals surface area contributed by atoms with Crippen molar-refractivity contribution < 1.29 is 5.11 Å². The van der Waals surface area contributed by atoms with E-state index in [-0.39, 0.29) is 11.5 Å². The Bertz CT molecular complexity index is 1100.